The normalized spacial score (nSPS) is 12.3. The van der Waals surface area contributed by atoms with E-state index in [-0.39, 0.29) is 11.8 Å². The average molecular weight is 286 g/mol. The summed E-state index contributed by atoms with van der Waals surface area (Å²) in [6, 6.07) is 7.90. The molecule has 5 heteroatoms. The number of pyridine rings is 1. The van der Waals surface area contributed by atoms with E-state index in [1.54, 1.807) is 30.5 Å². The van der Waals surface area contributed by atoms with Crippen molar-refractivity contribution in [2.24, 2.45) is 5.92 Å². The second kappa shape index (κ2) is 6.35. The second-order valence-corrected chi connectivity index (χ2v) is 5.37. The highest BCUT2D eigenvalue weighted by molar-refractivity contribution is 6.07. The van der Waals surface area contributed by atoms with Crippen LogP contribution in [0.25, 0.3) is 10.9 Å². The molecule has 1 unspecified atom stereocenters. The highest BCUT2D eigenvalue weighted by Crippen LogP contribution is 2.17. The van der Waals surface area contributed by atoms with Crippen molar-refractivity contribution in [2.45, 2.75) is 26.3 Å². The molecule has 5 nitrogen and oxygen atoms in total. The van der Waals surface area contributed by atoms with Crippen LogP contribution in [0.2, 0.25) is 0 Å². The summed E-state index contributed by atoms with van der Waals surface area (Å²) in [4.78, 5) is 27.8. The van der Waals surface area contributed by atoms with Gasteiger partial charge in [-0.3, -0.25) is 9.78 Å². The Morgan fingerprint density at radius 3 is 2.67 bits per heavy atom. The van der Waals surface area contributed by atoms with Crippen LogP contribution in [-0.2, 0) is 4.79 Å². The summed E-state index contributed by atoms with van der Waals surface area (Å²) in [5.74, 6) is -1.22. The molecule has 1 amide bonds. The van der Waals surface area contributed by atoms with Gasteiger partial charge in [-0.1, -0.05) is 26.0 Å². The Labute approximate surface area is 123 Å². The Hall–Kier alpha value is -2.43. The Balaban J connectivity index is 2.27. The molecule has 0 spiro atoms. The Morgan fingerprint density at radius 2 is 2.00 bits per heavy atom. The lowest BCUT2D eigenvalue weighted by molar-refractivity contribution is -0.139. The quantitative estimate of drug-likeness (QED) is 0.885. The number of carboxylic acids is 1. The number of hydrogen-bond donors (Lipinski definition) is 2. The third-order valence-electron chi connectivity index (χ3n) is 3.20. The Morgan fingerprint density at radius 1 is 1.24 bits per heavy atom. The number of aromatic nitrogens is 1. The minimum Gasteiger partial charge on any atom is -0.480 e. The van der Waals surface area contributed by atoms with Crippen molar-refractivity contribution >= 4 is 22.8 Å². The fourth-order valence-electron chi connectivity index (χ4n) is 2.23. The molecular weight excluding hydrogens is 268 g/mol. The number of carbonyl (C=O) groups is 2. The molecule has 1 heterocycles. The van der Waals surface area contributed by atoms with Gasteiger partial charge in [0.15, 0.2) is 0 Å². The number of nitrogens with one attached hydrogen (secondary N) is 1. The maximum atomic E-state index is 12.4. The van der Waals surface area contributed by atoms with Crippen molar-refractivity contribution in [1.82, 2.24) is 10.3 Å². The van der Waals surface area contributed by atoms with E-state index in [1.807, 2.05) is 19.9 Å². The molecule has 2 rings (SSSR count). The topological polar surface area (TPSA) is 79.3 Å². The number of fused-ring (bicyclic) bond motifs is 1. The molecule has 0 fully saturated rings. The third-order valence-corrected chi connectivity index (χ3v) is 3.20. The van der Waals surface area contributed by atoms with E-state index in [0.717, 1.165) is 0 Å². The molecule has 110 valence electrons. The molecule has 0 saturated carbocycles. The summed E-state index contributed by atoms with van der Waals surface area (Å²) in [7, 11) is 0. The zero-order chi connectivity index (χ0) is 15.4. The van der Waals surface area contributed by atoms with Gasteiger partial charge in [-0.25, -0.2) is 4.79 Å². The van der Waals surface area contributed by atoms with Crippen molar-refractivity contribution in [3.63, 3.8) is 0 Å². The minimum atomic E-state index is -1.02. The van der Waals surface area contributed by atoms with E-state index in [4.69, 9.17) is 0 Å². The van der Waals surface area contributed by atoms with Gasteiger partial charge in [0, 0.05) is 17.1 Å². The van der Waals surface area contributed by atoms with Gasteiger partial charge in [-0.05, 0) is 30.5 Å². The first-order chi connectivity index (χ1) is 9.99. The third kappa shape index (κ3) is 3.56. The van der Waals surface area contributed by atoms with Crippen molar-refractivity contribution < 1.29 is 14.7 Å². The van der Waals surface area contributed by atoms with Gasteiger partial charge in [0.25, 0.3) is 5.91 Å². The van der Waals surface area contributed by atoms with E-state index in [0.29, 0.717) is 22.9 Å². The first-order valence-corrected chi connectivity index (χ1v) is 6.86. The van der Waals surface area contributed by atoms with Gasteiger partial charge >= 0.3 is 5.97 Å². The molecule has 0 aliphatic rings. The number of hydrogen-bond acceptors (Lipinski definition) is 3. The van der Waals surface area contributed by atoms with Crippen LogP contribution in [0.4, 0.5) is 0 Å². The molecule has 1 aromatic carbocycles. The molecule has 1 aromatic heterocycles. The van der Waals surface area contributed by atoms with E-state index < -0.39 is 12.0 Å². The molecule has 0 bridgehead atoms. The molecule has 0 saturated heterocycles. The van der Waals surface area contributed by atoms with Crippen LogP contribution in [0.1, 0.15) is 30.6 Å². The van der Waals surface area contributed by atoms with Crippen LogP contribution < -0.4 is 5.32 Å². The van der Waals surface area contributed by atoms with Crippen molar-refractivity contribution in [2.75, 3.05) is 0 Å². The Bertz CT molecular complexity index is 662. The smallest absolute Gasteiger partial charge is 0.326 e. The summed E-state index contributed by atoms with van der Waals surface area (Å²) < 4.78 is 0. The van der Waals surface area contributed by atoms with Crippen molar-refractivity contribution in [3.05, 3.63) is 42.1 Å². The predicted molar refractivity (Wildman–Crippen MR) is 80.1 cm³/mol. The van der Waals surface area contributed by atoms with Gasteiger partial charge in [0.2, 0.25) is 0 Å². The van der Waals surface area contributed by atoms with Gasteiger partial charge in [-0.15, -0.1) is 0 Å². The van der Waals surface area contributed by atoms with Crippen LogP contribution in [0.15, 0.2) is 36.5 Å². The van der Waals surface area contributed by atoms with Gasteiger partial charge < -0.3 is 10.4 Å². The number of aliphatic carboxylic acids is 1. The largest absolute Gasteiger partial charge is 0.480 e. The lowest BCUT2D eigenvalue weighted by Crippen LogP contribution is -2.41. The lowest BCUT2D eigenvalue weighted by Gasteiger charge is -2.17. The summed E-state index contributed by atoms with van der Waals surface area (Å²) in [6.07, 6.45) is 2.05. The monoisotopic (exact) mass is 286 g/mol. The fraction of sp³-hybridized carbons (Fsp3) is 0.312. The summed E-state index contributed by atoms with van der Waals surface area (Å²) >= 11 is 0. The molecule has 21 heavy (non-hydrogen) atoms. The number of benzene rings is 1. The molecule has 0 aliphatic heterocycles. The number of carboxylic acid groups (broad SMARTS) is 1. The van der Waals surface area contributed by atoms with Crippen LogP contribution in [0, 0.1) is 5.92 Å². The average Bonchev–Trinajstić information content (AvgIpc) is 2.45. The number of nitrogens with zero attached hydrogens (tertiary/aromatic N) is 1. The molecule has 2 aromatic rings. The molecule has 2 N–H and O–H groups in total. The van der Waals surface area contributed by atoms with E-state index in [9.17, 15) is 14.7 Å². The SMILES string of the molecule is CC(C)CC(NC(=O)c1cccc2ncccc12)C(=O)O. The van der Waals surface area contributed by atoms with Crippen molar-refractivity contribution in [3.8, 4) is 0 Å². The molecule has 0 radical (unpaired) electrons. The number of rotatable bonds is 5. The minimum absolute atomic E-state index is 0.181. The van der Waals surface area contributed by atoms with Gasteiger partial charge in [0.05, 0.1) is 5.52 Å². The maximum absolute atomic E-state index is 12.4. The second-order valence-electron chi connectivity index (χ2n) is 5.37. The Kier molecular flexibility index (Phi) is 4.52. The maximum Gasteiger partial charge on any atom is 0.326 e. The van der Waals surface area contributed by atoms with E-state index in [1.165, 1.54) is 0 Å². The molecular formula is C16H18N2O3. The molecule has 1 atom stereocenters. The van der Waals surface area contributed by atoms with Gasteiger partial charge in [-0.2, -0.15) is 0 Å². The summed E-state index contributed by atoms with van der Waals surface area (Å²) in [5, 5.41) is 12.5. The van der Waals surface area contributed by atoms with Gasteiger partial charge in [0.1, 0.15) is 6.04 Å². The van der Waals surface area contributed by atoms with Crippen LogP contribution in [-0.4, -0.2) is 28.0 Å². The first kappa shape index (κ1) is 15.0. The van der Waals surface area contributed by atoms with Crippen LogP contribution in [0.5, 0.6) is 0 Å². The zero-order valence-electron chi connectivity index (χ0n) is 12.0. The predicted octanol–water partition coefficient (Wildman–Crippen LogP) is 2.46. The lowest BCUT2D eigenvalue weighted by atomic mass is 10.0. The number of amides is 1. The van der Waals surface area contributed by atoms with Crippen LogP contribution in [0.3, 0.4) is 0 Å². The summed E-state index contributed by atoms with van der Waals surface area (Å²) in [5.41, 5.74) is 1.15. The zero-order valence-corrected chi connectivity index (χ0v) is 12.0. The van der Waals surface area contributed by atoms with E-state index >= 15 is 0 Å². The van der Waals surface area contributed by atoms with Crippen LogP contribution >= 0.6 is 0 Å². The van der Waals surface area contributed by atoms with E-state index in [2.05, 4.69) is 10.3 Å². The highest BCUT2D eigenvalue weighted by atomic mass is 16.4. The summed E-state index contributed by atoms with van der Waals surface area (Å²) in [6.45, 7) is 3.84. The highest BCUT2D eigenvalue weighted by Gasteiger charge is 2.22. The van der Waals surface area contributed by atoms with Crippen molar-refractivity contribution in [1.29, 1.82) is 0 Å². The molecule has 0 aliphatic carbocycles. The fourth-order valence-corrected chi connectivity index (χ4v) is 2.23. The first-order valence-electron chi connectivity index (χ1n) is 6.86. The standard InChI is InChI=1S/C16H18N2O3/c1-10(2)9-14(16(20)21)18-15(19)12-5-3-7-13-11(12)6-4-8-17-13/h3-8,10,14H,9H2,1-2H3,(H,18,19)(H,20,21). The number of carbonyl (C=O) groups excluding carboxylic acids is 1.